The normalized spacial score (nSPS) is 31.0. The van der Waals surface area contributed by atoms with Crippen LogP contribution >= 0.6 is 15.9 Å². The smallest absolute Gasteiger partial charge is 0.125 e. The Morgan fingerprint density at radius 1 is 1.33 bits per heavy atom. The van der Waals surface area contributed by atoms with Gasteiger partial charge in [0, 0.05) is 10.0 Å². The highest BCUT2D eigenvalue weighted by Crippen LogP contribution is 2.62. The first-order valence-electron chi connectivity index (χ1n) is 6.65. The van der Waals surface area contributed by atoms with Crippen molar-refractivity contribution in [2.24, 2.45) is 17.8 Å². The highest BCUT2D eigenvalue weighted by atomic mass is 79.9. The summed E-state index contributed by atoms with van der Waals surface area (Å²) in [5, 5.41) is 10.6. The summed E-state index contributed by atoms with van der Waals surface area (Å²) < 4.78 is 6.47. The molecule has 2 fully saturated rings. The van der Waals surface area contributed by atoms with Gasteiger partial charge in [0.15, 0.2) is 0 Å². The molecule has 0 aliphatic heterocycles. The Kier molecular flexibility index (Phi) is 3.15. The van der Waals surface area contributed by atoms with Crippen molar-refractivity contribution in [2.75, 3.05) is 7.11 Å². The van der Waals surface area contributed by atoms with E-state index in [1.165, 1.54) is 19.3 Å². The summed E-state index contributed by atoms with van der Waals surface area (Å²) >= 11 is 3.54. The van der Waals surface area contributed by atoms with Crippen LogP contribution in [0.25, 0.3) is 0 Å². The molecule has 18 heavy (non-hydrogen) atoms. The van der Waals surface area contributed by atoms with Gasteiger partial charge in [-0.25, -0.2) is 0 Å². The van der Waals surface area contributed by atoms with E-state index >= 15 is 0 Å². The first-order valence-corrected chi connectivity index (χ1v) is 7.45. The number of methoxy groups -OCH3 is 1. The number of aryl methyl sites for hydroxylation is 1. The third-order valence-corrected chi connectivity index (χ3v) is 5.52. The van der Waals surface area contributed by atoms with E-state index in [1.54, 1.807) is 7.11 Å². The molecular formula is C15H19BrO2. The Morgan fingerprint density at radius 3 is 2.61 bits per heavy atom. The highest BCUT2D eigenvalue weighted by molar-refractivity contribution is 9.10. The summed E-state index contributed by atoms with van der Waals surface area (Å²) in [5.41, 5.74) is 2.08. The number of fused-ring (bicyclic) bond motifs is 1. The molecule has 1 aromatic carbocycles. The minimum Gasteiger partial charge on any atom is -0.496 e. The van der Waals surface area contributed by atoms with Gasteiger partial charge in [0.25, 0.3) is 0 Å². The molecule has 2 aliphatic carbocycles. The SMILES string of the molecule is COc1cc(C)c(Br)cc1C(O)C1C2CCCC21. The molecule has 0 amide bonds. The third-order valence-electron chi connectivity index (χ3n) is 4.67. The summed E-state index contributed by atoms with van der Waals surface area (Å²) in [6.07, 6.45) is 3.56. The maximum absolute atomic E-state index is 10.6. The second kappa shape index (κ2) is 4.53. The van der Waals surface area contributed by atoms with E-state index in [0.717, 1.165) is 33.2 Å². The van der Waals surface area contributed by atoms with Crippen molar-refractivity contribution in [3.8, 4) is 5.75 Å². The number of halogens is 1. The van der Waals surface area contributed by atoms with Gasteiger partial charge in [0.2, 0.25) is 0 Å². The molecule has 3 unspecified atom stereocenters. The zero-order chi connectivity index (χ0) is 12.9. The Morgan fingerprint density at radius 2 is 2.00 bits per heavy atom. The predicted octanol–water partition coefficient (Wildman–Crippen LogP) is 3.85. The van der Waals surface area contributed by atoms with Gasteiger partial charge in [0.1, 0.15) is 5.75 Å². The summed E-state index contributed by atoms with van der Waals surface area (Å²) in [6, 6.07) is 4.02. The van der Waals surface area contributed by atoms with Crippen molar-refractivity contribution in [3.63, 3.8) is 0 Å². The van der Waals surface area contributed by atoms with E-state index in [9.17, 15) is 5.11 Å². The van der Waals surface area contributed by atoms with E-state index in [2.05, 4.69) is 15.9 Å². The van der Waals surface area contributed by atoms with Crippen LogP contribution in [0.15, 0.2) is 16.6 Å². The van der Waals surface area contributed by atoms with Crippen LogP contribution in [0, 0.1) is 24.7 Å². The van der Waals surface area contributed by atoms with Crippen molar-refractivity contribution >= 4 is 15.9 Å². The van der Waals surface area contributed by atoms with Gasteiger partial charge in [-0.15, -0.1) is 0 Å². The minimum atomic E-state index is -0.368. The van der Waals surface area contributed by atoms with E-state index in [-0.39, 0.29) is 6.10 Å². The lowest BCUT2D eigenvalue weighted by Gasteiger charge is -2.18. The van der Waals surface area contributed by atoms with Crippen LogP contribution in [0.4, 0.5) is 0 Å². The molecule has 0 bridgehead atoms. The highest BCUT2D eigenvalue weighted by Gasteiger charge is 2.56. The molecule has 0 radical (unpaired) electrons. The predicted molar refractivity (Wildman–Crippen MR) is 74.7 cm³/mol. The number of rotatable bonds is 3. The van der Waals surface area contributed by atoms with Crippen molar-refractivity contribution in [3.05, 3.63) is 27.7 Å². The second-order valence-corrected chi connectivity index (χ2v) is 6.48. The van der Waals surface area contributed by atoms with E-state index in [1.807, 2.05) is 19.1 Å². The maximum Gasteiger partial charge on any atom is 0.125 e. The molecular weight excluding hydrogens is 292 g/mol. The standard InChI is InChI=1S/C15H19BrO2/c1-8-6-13(18-2)11(7-12(8)16)15(17)14-9-4-3-5-10(9)14/h6-7,9-10,14-15,17H,3-5H2,1-2H3. The van der Waals surface area contributed by atoms with Crippen LogP contribution < -0.4 is 4.74 Å². The number of benzene rings is 1. The molecule has 3 heteroatoms. The topological polar surface area (TPSA) is 29.5 Å². The van der Waals surface area contributed by atoms with Crippen LogP contribution in [0.1, 0.15) is 36.5 Å². The Labute approximate surface area is 116 Å². The molecule has 3 atom stereocenters. The zero-order valence-corrected chi connectivity index (χ0v) is 12.4. The minimum absolute atomic E-state index is 0.368. The quantitative estimate of drug-likeness (QED) is 0.919. The lowest BCUT2D eigenvalue weighted by molar-refractivity contribution is 0.133. The first-order chi connectivity index (χ1) is 8.63. The number of aliphatic hydroxyl groups excluding tert-OH is 1. The number of hydrogen-bond donors (Lipinski definition) is 1. The fourth-order valence-electron chi connectivity index (χ4n) is 3.63. The molecule has 2 aliphatic rings. The van der Waals surface area contributed by atoms with Crippen LogP contribution in [-0.2, 0) is 0 Å². The molecule has 0 spiro atoms. The molecule has 2 saturated carbocycles. The van der Waals surface area contributed by atoms with E-state index in [4.69, 9.17) is 4.74 Å². The molecule has 98 valence electrons. The second-order valence-electron chi connectivity index (χ2n) is 5.62. The fourth-order valence-corrected chi connectivity index (χ4v) is 3.99. The van der Waals surface area contributed by atoms with Crippen molar-refractivity contribution < 1.29 is 9.84 Å². The van der Waals surface area contributed by atoms with Gasteiger partial charge < -0.3 is 9.84 Å². The molecule has 1 aromatic rings. The molecule has 3 rings (SSSR count). The van der Waals surface area contributed by atoms with Crippen LogP contribution in [0.5, 0.6) is 5.75 Å². The molecule has 0 aromatic heterocycles. The molecule has 1 N–H and O–H groups in total. The summed E-state index contributed by atoms with van der Waals surface area (Å²) in [6.45, 7) is 2.04. The van der Waals surface area contributed by atoms with Gasteiger partial charge >= 0.3 is 0 Å². The van der Waals surface area contributed by atoms with Crippen LogP contribution in [0.2, 0.25) is 0 Å². The van der Waals surface area contributed by atoms with E-state index in [0.29, 0.717) is 5.92 Å². The fraction of sp³-hybridized carbons (Fsp3) is 0.600. The summed E-state index contributed by atoms with van der Waals surface area (Å²) in [5.74, 6) is 2.78. The van der Waals surface area contributed by atoms with Crippen molar-refractivity contribution in [2.45, 2.75) is 32.3 Å². The van der Waals surface area contributed by atoms with Crippen molar-refractivity contribution in [1.82, 2.24) is 0 Å². The maximum atomic E-state index is 10.6. The Hall–Kier alpha value is -0.540. The van der Waals surface area contributed by atoms with Crippen molar-refractivity contribution in [1.29, 1.82) is 0 Å². The average Bonchev–Trinajstić information content (AvgIpc) is 2.84. The lowest BCUT2D eigenvalue weighted by atomic mass is 9.98. The largest absolute Gasteiger partial charge is 0.496 e. The Balaban J connectivity index is 1.89. The van der Waals surface area contributed by atoms with Gasteiger partial charge in [-0.2, -0.15) is 0 Å². The Bertz CT molecular complexity index is 462. The van der Waals surface area contributed by atoms with Gasteiger partial charge in [-0.1, -0.05) is 22.4 Å². The number of ether oxygens (including phenoxy) is 1. The number of aliphatic hydroxyl groups is 1. The van der Waals surface area contributed by atoms with E-state index < -0.39 is 0 Å². The van der Waals surface area contributed by atoms with Crippen LogP contribution in [-0.4, -0.2) is 12.2 Å². The number of hydrogen-bond acceptors (Lipinski definition) is 2. The molecule has 0 heterocycles. The van der Waals surface area contributed by atoms with Gasteiger partial charge in [-0.3, -0.25) is 0 Å². The molecule has 0 saturated heterocycles. The lowest BCUT2D eigenvalue weighted by Crippen LogP contribution is -2.07. The zero-order valence-electron chi connectivity index (χ0n) is 10.8. The summed E-state index contributed by atoms with van der Waals surface area (Å²) in [4.78, 5) is 0. The van der Waals surface area contributed by atoms with Crippen LogP contribution in [0.3, 0.4) is 0 Å². The van der Waals surface area contributed by atoms with Gasteiger partial charge in [-0.05, 0) is 55.2 Å². The first kappa shape index (κ1) is 12.5. The third kappa shape index (κ3) is 1.88. The average molecular weight is 311 g/mol. The summed E-state index contributed by atoms with van der Waals surface area (Å²) in [7, 11) is 1.67. The van der Waals surface area contributed by atoms with Gasteiger partial charge in [0.05, 0.1) is 13.2 Å². The molecule has 2 nitrogen and oxygen atoms in total. The monoisotopic (exact) mass is 310 g/mol.